The van der Waals surface area contributed by atoms with E-state index in [2.05, 4.69) is 4.98 Å². The topological polar surface area (TPSA) is 82.7 Å². The molecule has 158 valence electrons. The zero-order valence-corrected chi connectivity index (χ0v) is 17.0. The van der Waals surface area contributed by atoms with Crippen molar-refractivity contribution in [2.45, 2.75) is 12.5 Å². The van der Waals surface area contributed by atoms with E-state index in [1.54, 1.807) is 34.1 Å². The summed E-state index contributed by atoms with van der Waals surface area (Å²) in [4.78, 5) is 44.1. The molecule has 1 N–H and O–H groups in total. The fraction of sp³-hybridized carbons (Fsp3) is 0.292. The zero-order valence-electron chi connectivity index (χ0n) is 17.0. The molecule has 1 unspecified atom stereocenters. The lowest BCUT2D eigenvalue weighted by molar-refractivity contribution is -0.157. The molecule has 2 aliphatic rings. The van der Waals surface area contributed by atoms with E-state index in [1.807, 2.05) is 30.3 Å². The van der Waals surface area contributed by atoms with Gasteiger partial charge in [-0.3, -0.25) is 14.4 Å². The lowest BCUT2D eigenvalue weighted by atomic mass is 10.0. The van der Waals surface area contributed by atoms with Crippen molar-refractivity contribution in [1.29, 1.82) is 0 Å². The number of benzene rings is 2. The van der Waals surface area contributed by atoms with Gasteiger partial charge >= 0.3 is 0 Å². The van der Waals surface area contributed by atoms with E-state index in [1.165, 1.54) is 0 Å². The van der Waals surface area contributed by atoms with Gasteiger partial charge in [0.05, 0.1) is 6.61 Å². The second-order valence-electron chi connectivity index (χ2n) is 7.94. The first-order chi connectivity index (χ1) is 15.1. The van der Waals surface area contributed by atoms with Crippen molar-refractivity contribution in [2.75, 3.05) is 32.8 Å². The van der Waals surface area contributed by atoms with Crippen LogP contribution >= 0.6 is 0 Å². The first-order valence-electron chi connectivity index (χ1n) is 10.5. The number of nitrogens with zero attached hydrogens (tertiary/aromatic N) is 2. The summed E-state index contributed by atoms with van der Waals surface area (Å²) >= 11 is 0. The van der Waals surface area contributed by atoms with Crippen LogP contribution in [0, 0.1) is 0 Å². The molecule has 7 heteroatoms. The molecule has 2 amide bonds. The summed E-state index contributed by atoms with van der Waals surface area (Å²) in [5.74, 6) is -0.0331. The van der Waals surface area contributed by atoms with Crippen molar-refractivity contribution >= 4 is 22.7 Å². The molecule has 0 radical (unpaired) electrons. The molecule has 0 spiro atoms. The van der Waals surface area contributed by atoms with Crippen LogP contribution in [0.3, 0.4) is 0 Å². The van der Waals surface area contributed by atoms with E-state index >= 15 is 0 Å². The lowest BCUT2D eigenvalue weighted by Gasteiger charge is -2.38. The minimum Gasteiger partial charge on any atom is -0.368 e. The molecule has 1 atom stereocenters. The van der Waals surface area contributed by atoms with Crippen molar-refractivity contribution in [3.8, 4) is 11.1 Å². The Morgan fingerprint density at radius 3 is 2.29 bits per heavy atom. The molecule has 31 heavy (non-hydrogen) atoms. The van der Waals surface area contributed by atoms with Gasteiger partial charge in [-0.05, 0) is 35.2 Å². The van der Waals surface area contributed by atoms with Crippen LogP contribution < -0.4 is 5.56 Å². The number of H-pyrrole nitrogens is 1. The minimum atomic E-state index is -0.298. The number of carbonyl (C=O) groups excluding carboxylic acids is 2. The second kappa shape index (κ2) is 8.00. The summed E-state index contributed by atoms with van der Waals surface area (Å²) < 4.78 is 5.27. The van der Waals surface area contributed by atoms with Gasteiger partial charge in [0.15, 0.2) is 0 Å². The Kier molecular flexibility index (Phi) is 5.03. The van der Waals surface area contributed by atoms with Gasteiger partial charge < -0.3 is 19.5 Å². The highest BCUT2D eigenvalue weighted by Crippen LogP contribution is 2.21. The standard InChI is InChI=1S/C24H23N3O4/c28-22-19(15-18-3-1-2-4-20(18)25-22)16-5-7-17(8-6-16)23(29)26-10-12-27(13-11-26)24(30)21-9-14-31-21/h1-8,15,21H,9-14H2,(H,25,28). The molecule has 0 bridgehead atoms. The smallest absolute Gasteiger partial charge is 0.256 e. The summed E-state index contributed by atoms with van der Waals surface area (Å²) in [6.45, 7) is 2.70. The molecule has 3 aromatic rings. The van der Waals surface area contributed by atoms with Crippen LogP contribution in [0.15, 0.2) is 59.4 Å². The number of para-hydroxylation sites is 1. The highest BCUT2D eigenvalue weighted by atomic mass is 16.5. The average molecular weight is 417 g/mol. The summed E-state index contributed by atoms with van der Waals surface area (Å²) in [6, 6.07) is 16.6. The maximum absolute atomic E-state index is 12.9. The third kappa shape index (κ3) is 3.72. The summed E-state index contributed by atoms with van der Waals surface area (Å²) in [7, 11) is 0. The zero-order chi connectivity index (χ0) is 21.4. The number of hydrogen-bond acceptors (Lipinski definition) is 4. The first-order valence-corrected chi connectivity index (χ1v) is 10.5. The Morgan fingerprint density at radius 2 is 1.61 bits per heavy atom. The molecule has 5 rings (SSSR count). The van der Waals surface area contributed by atoms with Crippen molar-refractivity contribution in [1.82, 2.24) is 14.8 Å². The number of ether oxygens (including phenoxy) is 1. The van der Waals surface area contributed by atoms with Gasteiger partial charge in [-0.1, -0.05) is 30.3 Å². The van der Waals surface area contributed by atoms with Crippen LogP contribution in [0.1, 0.15) is 16.8 Å². The van der Waals surface area contributed by atoms with Gasteiger partial charge in [-0.25, -0.2) is 0 Å². The third-order valence-electron chi connectivity index (χ3n) is 6.05. The molecule has 2 aromatic carbocycles. The van der Waals surface area contributed by atoms with Crippen LogP contribution in [0.4, 0.5) is 0 Å². The number of piperazine rings is 1. The van der Waals surface area contributed by atoms with Gasteiger partial charge in [0.2, 0.25) is 0 Å². The molecule has 0 aliphatic carbocycles. The molecule has 3 heterocycles. The predicted octanol–water partition coefficient (Wildman–Crippen LogP) is 2.27. The summed E-state index contributed by atoms with van der Waals surface area (Å²) in [5, 5.41) is 0.956. The fourth-order valence-electron chi connectivity index (χ4n) is 4.10. The monoisotopic (exact) mass is 417 g/mol. The number of nitrogens with one attached hydrogen (secondary N) is 1. The largest absolute Gasteiger partial charge is 0.368 e. The Bertz CT molecular complexity index is 1190. The van der Waals surface area contributed by atoms with E-state index in [9.17, 15) is 14.4 Å². The van der Waals surface area contributed by atoms with Crippen molar-refractivity contribution in [2.24, 2.45) is 0 Å². The minimum absolute atomic E-state index is 0.0308. The van der Waals surface area contributed by atoms with Gasteiger partial charge in [-0.2, -0.15) is 0 Å². The molecule has 7 nitrogen and oxygen atoms in total. The van der Waals surface area contributed by atoms with Crippen molar-refractivity contribution in [3.05, 3.63) is 70.5 Å². The van der Waals surface area contributed by atoms with Gasteiger partial charge in [0.1, 0.15) is 6.10 Å². The summed E-state index contributed by atoms with van der Waals surface area (Å²) in [6.07, 6.45) is 0.484. The number of rotatable bonds is 3. The predicted molar refractivity (Wildman–Crippen MR) is 117 cm³/mol. The normalized spacial score (nSPS) is 18.6. The molecule has 2 aliphatic heterocycles. The maximum atomic E-state index is 12.9. The van der Waals surface area contributed by atoms with Crippen LogP contribution in [0.2, 0.25) is 0 Å². The van der Waals surface area contributed by atoms with Crippen LogP contribution in [-0.4, -0.2) is 65.5 Å². The SMILES string of the molecule is O=C(c1ccc(-c2cc3ccccc3[nH]c2=O)cc1)N1CCN(C(=O)C2CCO2)CC1. The Morgan fingerprint density at radius 1 is 0.935 bits per heavy atom. The third-order valence-corrected chi connectivity index (χ3v) is 6.05. The number of pyridine rings is 1. The van der Waals surface area contributed by atoms with Crippen LogP contribution in [-0.2, 0) is 9.53 Å². The van der Waals surface area contributed by atoms with Gasteiger partial charge in [0, 0.05) is 49.2 Å². The Balaban J connectivity index is 1.28. The highest BCUT2D eigenvalue weighted by molar-refractivity contribution is 5.95. The number of hydrogen-bond donors (Lipinski definition) is 1. The quantitative estimate of drug-likeness (QED) is 0.709. The Hall–Kier alpha value is -3.45. The van der Waals surface area contributed by atoms with Gasteiger partial charge in [-0.15, -0.1) is 0 Å². The van der Waals surface area contributed by atoms with Crippen molar-refractivity contribution < 1.29 is 14.3 Å². The van der Waals surface area contributed by atoms with Crippen molar-refractivity contribution in [3.63, 3.8) is 0 Å². The molecule has 2 fully saturated rings. The van der Waals surface area contributed by atoms with E-state index in [0.29, 0.717) is 43.9 Å². The molecule has 0 saturated carbocycles. The van der Waals surface area contributed by atoms with Gasteiger partial charge in [0.25, 0.3) is 17.4 Å². The van der Waals surface area contributed by atoms with E-state index in [-0.39, 0.29) is 23.5 Å². The van der Waals surface area contributed by atoms with E-state index in [0.717, 1.165) is 22.9 Å². The fourth-order valence-corrected chi connectivity index (χ4v) is 4.10. The first kappa shape index (κ1) is 19.5. The maximum Gasteiger partial charge on any atom is 0.256 e. The highest BCUT2D eigenvalue weighted by Gasteiger charge is 2.33. The number of fused-ring (bicyclic) bond motifs is 1. The molecule has 2 saturated heterocycles. The van der Waals surface area contributed by atoms with Crippen LogP contribution in [0.5, 0.6) is 0 Å². The number of aromatic amines is 1. The second-order valence-corrected chi connectivity index (χ2v) is 7.94. The number of amides is 2. The molecular formula is C24H23N3O4. The molecular weight excluding hydrogens is 394 g/mol. The summed E-state index contributed by atoms with van der Waals surface area (Å²) in [5.41, 5.74) is 2.55. The Labute approximate surface area is 179 Å². The lowest BCUT2D eigenvalue weighted by Crippen LogP contribution is -2.54. The molecule has 1 aromatic heterocycles. The average Bonchev–Trinajstić information content (AvgIpc) is 2.77. The van der Waals surface area contributed by atoms with Crippen LogP contribution in [0.25, 0.3) is 22.0 Å². The van der Waals surface area contributed by atoms with E-state index in [4.69, 9.17) is 4.74 Å². The van der Waals surface area contributed by atoms with E-state index < -0.39 is 0 Å². The number of aromatic nitrogens is 1. The number of carbonyl (C=O) groups is 2.